The van der Waals surface area contributed by atoms with Gasteiger partial charge in [-0.1, -0.05) is 24.3 Å². The smallest absolute Gasteiger partial charge is 0.317 e. The summed E-state index contributed by atoms with van der Waals surface area (Å²) in [4.78, 5) is 21.8. The molecule has 2 N–H and O–H groups in total. The summed E-state index contributed by atoms with van der Waals surface area (Å²) in [7, 11) is 2.17. The van der Waals surface area contributed by atoms with Crippen molar-refractivity contribution in [1.29, 1.82) is 0 Å². The molecule has 1 aromatic carbocycles. The van der Waals surface area contributed by atoms with Crippen molar-refractivity contribution in [1.82, 2.24) is 24.9 Å². The maximum atomic E-state index is 12.7. The van der Waals surface area contributed by atoms with Crippen LogP contribution in [0, 0.1) is 0 Å². The number of carbonyl (C=O) groups excluding carboxylic acids is 1. The van der Waals surface area contributed by atoms with Crippen molar-refractivity contribution in [2.24, 2.45) is 0 Å². The minimum Gasteiger partial charge on any atom is -0.390 e. The van der Waals surface area contributed by atoms with Gasteiger partial charge in [0, 0.05) is 71.5 Å². The summed E-state index contributed by atoms with van der Waals surface area (Å²) < 4.78 is 0. The van der Waals surface area contributed by atoms with E-state index < -0.39 is 6.10 Å². The first kappa shape index (κ1) is 21.6. The zero-order valence-electron chi connectivity index (χ0n) is 18.3. The number of piperidine rings is 1. The summed E-state index contributed by atoms with van der Waals surface area (Å²) in [6.45, 7) is 8.75. The number of likely N-dealkylation sites (N-methyl/N-ethyl adjacent to an activating group) is 1. The molecule has 0 aromatic heterocycles. The van der Waals surface area contributed by atoms with Crippen LogP contribution in [0.25, 0.3) is 0 Å². The largest absolute Gasteiger partial charge is 0.390 e. The number of nitrogens with one attached hydrogen (secondary N) is 1. The fourth-order valence-electron chi connectivity index (χ4n) is 5.01. The number of aliphatic hydroxyl groups excluding tert-OH is 1. The molecular formula is C23H37N5O2. The molecule has 166 valence electrons. The second-order valence-corrected chi connectivity index (χ2v) is 9.18. The molecule has 3 aliphatic rings. The fourth-order valence-corrected chi connectivity index (χ4v) is 5.01. The third-order valence-electron chi connectivity index (χ3n) is 6.91. The van der Waals surface area contributed by atoms with Gasteiger partial charge in [0.15, 0.2) is 0 Å². The van der Waals surface area contributed by atoms with E-state index in [0.29, 0.717) is 19.1 Å². The Labute approximate surface area is 180 Å². The molecule has 3 heterocycles. The number of rotatable bonds is 5. The van der Waals surface area contributed by atoms with Crippen molar-refractivity contribution in [2.75, 3.05) is 66.0 Å². The summed E-state index contributed by atoms with van der Waals surface area (Å²) in [5.41, 5.74) is 2.76. The van der Waals surface area contributed by atoms with Crippen molar-refractivity contribution in [3.05, 3.63) is 35.4 Å². The summed E-state index contributed by atoms with van der Waals surface area (Å²) in [6.07, 6.45) is 2.71. The molecule has 2 amide bonds. The van der Waals surface area contributed by atoms with E-state index in [2.05, 4.69) is 51.3 Å². The molecule has 0 aliphatic carbocycles. The lowest BCUT2D eigenvalue weighted by Crippen LogP contribution is -2.56. The number of likely N-dealkylation sites (tertiary alicyclic amines) is 1. The molecule has 0 bridgehead atoms. The molecule has 0 spiro atoms. The number of nitrogens with zero attached hydrogens (tertiary/aromatic N) is 4. The van der Waals surface area contributed by atoms with Crippen molar-refractivity contribution < 1.29 is 9.90 Å². The van der Waals surface area contributed by atoms with Gasteiger partial charge in [0.05, 0.1) is 6.10 Å². The molecule has 4 rings (SSSR count). The highest BCUT2D eigenvalue weighted by Gasteiger charge is 2.29. The molecule has 2 atom stereocenters. The lowest BCUT2D eigenvalue weighted by Gasteiger charge is -2.42. The van der Waals surface area contributed by atoms with Gasteiger partial charge in [0.1, 0.15) is 0 Å². The Morgan fingerprint density at radius 1 is 1.13 bits per heavy atom. The molecule has 7 nitrogen and oxygen atoms in total. The summed E-state index contributed by atoms with van der Waals surface area (Å²) in [5.74, 6) is 0. The van der Waals surface area contributed by atoms with Gasteiger partial charge < -0.3 is 20.2 Å². The number of fused-ring (bicyclic) bond motifs is 1. The highest BCUT2D eigenvalue weighted by molar-refractivity contribution is 5.74. The minimum atomic E-state index is -0.544. The van der Waals surface area contributed by atoms with Crippen molar-refractivity contribution >= 4 is 6.03 Å². The molecule has 2 fully saturated rings. The maximum absolute atomic E-state index is 12.7. The number of benzene rings is 1. The van der Waals surface area contributed by atoms with E-state index in [1.54, 1.807) is 0 Å². The summed E-state index contributed by atoms with van der Waals surface area (Å²) >= 11 is 0. The van der Waals surface area contributed by atoms with Gasteiger partial charge in [0.2, 0.25) is 0 Å². The molecule has 7 heteroatoms. The van der Waals surface area contributed by atoms with E-state index in [-0.39, 0.29) is 6.03 Å². The molecule has 30 heavy (non-hydrogen) atoms. The van der Waals surface area contributed by atoms with Crippen molar-refractivity contribution in [3.63, 3.8) is 0 Å². The minimum absolute atomic E-state index is 0.0307. The van der Waals surface area contributed by atoms with Crippen LogP contribution in [0.5, 0.6) is 0 Å². The van der Waals surface area contributed by atoms with Gasteiger partial charge in [-0.2, -0.15) is 0 Å². The fraction of sp³-hybridized carbons (Fsp3) is 0.696. The Balaban J connectivity index is 1.19. The topological polar surface area (TPSA) is 62.3 Å². The van der Waals surface area contributed by atoms with Gasteiger partial charge >= 0.3 is 6.03 Å². The number of hydrogen-bond donors (Lipinski definition) is 2. The lowest BCUT2D eigenvalue weighted by molar-refractivity contribution is 0.0672. The second-order valence-electron chi connectivity index (χ2n) is 9.18. The SMILES string of the molecule is CN1CCN(C2CCCN(C(=O)NC[C@H](O)CN3CCc4ccccc4C3)C2)CC1. The summed E-state index contributed by atoms with van der Waals surface area (Å²) in [5, 5.41) is 13.5. The third-order valence-corrected chi connectivity index (χ3v) is 6.91. The number of urea groups is 1. The van der Waals surface area contributed by atoms with Gasteiger partial charge in [-0.3, -0.25) is 9.80 Å². The number of aliphatic hydroxyl groups is 1. The molecule has 0 radical (unpaired) electrons. The van der Waals surface area contributed by atoms with E-state index in [9.17, 15) is 9.90 Å². The molecule has 2 saturated heterocycles. The van der Waals surface area contributed by atoms with Crippen molar-refractivity contribution in [2.45, 2.75) is 38.0 Å². The van der Waals surface area contributed by atoms with Gasteiger partial charge in [0.25, 0.3) is 0 Å². The Morgan fingerprint density at radius 3 is 2.70 bits per heavy atom. The number of β-amino-alcohol motifs (C(OH)–C–C–N with tert-alkyl or cyclic N) is 1. The van der Waals surface area contributed by atoms with Crippen molar-refractivity contribution in [3.8, 4) is 0 Å². The van der Waals surface area contributed by atoms with E-state index in [1.807, 2.05) is 4.90 Å². The van der Waals surface area contributed by atoms with Crippen LogP contribution in [-0.2, 0) is 13.0 Å². The molecular weight excluding hydrogens is 378 g/mol. The number of piperazine rings is 1. The van der Waals surface area contributed by atoms with Crippen LogP contribution < -0.4 is 5.32 Å². The second kappa shape index (κ2) is 10.1. The summed E-state index contributed by atoms with van der Waals surface area (Å²) in [6, 6.07) is 8.97. The zero-order chi connectivity index (χ0) is 20.9. The first-order valence-corrected chi connectivity index (χ1v) is 11.5. The average Bonchev–Trinajstić information content (AvgIpc) is 2.78. The van der Waals surface area contributed by atoms with Gasteiger partial charge in [-0.05, 0) is 37.4 Å². The number of hydrogen-bond acceptors (Lipinski definition) is 5. The van der Waals surface area contributed by atoms with Gasteiger partial charge in [-0.25, -0.2) is 4.79 Å². The van der Waals surface area contributed by atoms with Crippen LogP contribution in [0.2, 0.25) is 0 Å². The Morgan fingerprint density at radius 2 is 1.90 bits per heavy atom. The molecule has 3 aliphatic heterocycles. The van der Waals surface area contributed by atoms with Crippen LogP contribution in [-0.4, -0.2) is 109 Å². The molecule has 1 unspecified atom stereocenters. The van der Waals surface area contributed by atoms with E-state index in [0.717, 1.165) is 65.2 Å². The molecule has 0 saturated carbocycles. The predicted molar refractivity (Wildman–Crippen MR) is 118 cm³/mol. The Hall–Kier alpha value is -1.67. The quantitative estimate of drug-likeness (QED) is 0.746. The first-order chi connectivity index (χ1) is 14.6. The van der Waals surface area contributed by atoms with E-state index >= 15 is 0 Å². The zero-order valence-corrected chi connectivity index (χ0v) is 18.3. The number of amides is 2. The standard InChI is InChI=1S/C23H37N5O2/c1-25-11-13-27(14-12-25)21-7-4-9-28(17-21)23(30)24-15-22(29)18-26-10-8-19-5-2-3-6-20(19)16-26/h2-3,5-6,21-22,29H,4,7-18H2,1H3,(H,24,30)/t21?,22-/m0/s1. The normalized spacial score (nSPS) is 25.0. The van der Waals surface area contributed by atoms with Gasteiger partial charge in [-0.15, -0.1) is 0 Å². The Kier molecular flexibility index (Phi) is 7.25. The lowest BCUT2D eigenvalue weighted by atomic mass is 10.00. The number of carbonyl (C=O) groups is 1. The third kappa shape index (κ3) is 5.52. The highest BCUT2D eigenvalue weighted by Crippen LogP contribution is 2.19. The van der Waals surface area contributed by atoms with Crippen LogP contribution in [0.3, 0.4) is 0 Å². The van der Waals surface area contributed by atoms with Crippen LogP contribution >= 0.6 is 0 Å². The maximum Gasteiger partial charge on any atom is 0.317 e. The van der Waals surface area contributed by atoms with E-state index in [4.69, 9.17) is 0 Å². The van der Waals surface area contributed by atoms with E-state index in [1.165, 1.54) is 17.5 Å². The Bertz CT molecular complexity index is 707. The predicted octanol–water partition coefficient (Wildman–Crippen LogP) is 0.827. The first-order valence-electron chi connectivity index (χ1n) is 11.5. The average molecular weight is 416 g/mol. The van der Waals surface area contributed by atoms with Crippen LogP contribution in [0.15, 0.2) is 24.3 Å². The van der Waals surface area contributed by atoms with Crippen LogP contribution in [0.1, 0.15) is 24.0 Å². The van der Waals surface area contributed by atoms with Crippen LogP contribution in [0.4, 0.5) is 4.79 Å². The monoisotopic (exact) mass is 415 g/mol. The molecule has 1 aromatic rings. The highest BCUT2D eigenvalue weighted by atomic mass is 16.3.